The number of halogens is 2. The van der Waals surface area contributed by atoms with Crippen molar-refractivity contribution in [3.8, 4) is 0 Å². The van der Waals surface area contributed by atoms with Crippen molar-refractivity contribution in [1.29, 1.82) is 0 Å². The number of hydrogen-bond acceptors (Lipinski definition) is 1. The number of aromatic nitrogens is 1. The van der Waals surface area contributed by atoms with Crippen molar-refractivity contribution in [2.24, 2.45) is 0 Å². The molecule has 0 aliphatic heterocycles. The molecule has 0 aliphatic rings. The molecule has 0 spiro atoms. The number of rotatable bonds is 5. The lowest BCUT2D eigenvalue weighted by molar-refractivity contribution is 0.463. The minimum absolute atomic E-state index is 0.129. The molecule has 0 amide bonds. The van der Waals surface area contributed by atoms with E-state index < -0.39 is 0 Å². The molecule has 0 radical (unpaired) electrons. The van der Waals surface area contributed by atoms with Gasteiger partial charge in [0.25, 0.3) is 0 Å². The normalized spacial score (nSPS) is 14.1. The minimum atomic E-state index is 0.129. The summed E-state index contributed by atoms with van der Waals surface area (Å²) >= 11 is 7.21. The number of nitrogens with zero attached hydrogens (tertiary/aromatic N) is 1. The van der Waals surface area contributed by atoms with E-state index in [-0.39, 0.29) is 5.41 Å². The van der Waals surface area contributed by atoms with E-state index in [1.165, 1.54) is 11.1 Å². The second-order valence-electron chi connectivity index (χ2n) is 4.82. The number of benzene rings is 1. The van der Waals surface area contributed by atoms with Gasteiger partial charge in [0.1, 0.15) is 0 Å². The molecule has 0 bridgehead atoms. The van der Waals surface area contributed by atoms with Crippen molar-refractivity contribution in [3.63, 3.8) is 0 Å². The molecule has 1 atom stereocenters. The van der Waals surface area contributed by atoms with Crippen LogP contribution in [0.4, 0.5) is 0 Å². The maximum absolute atomic E-state index is 4.27. The van der Waals surface area contributed by atoms with Crippen LogP contribution >= 0.6 is 31.9 Å². The molecule has 3 heteroatoms. The van der Waals surface area contributed by atoms with Crippen LogP contribution in [0, 0.1) is 0 Å². The Labute approximate surface area is 131 Å². The molecule has 100 valence electrons. The molecule has 0 fully saturated rings. The van der Waals surface area contributed by atoms with Crippen LogP contribution in [0.1, 0.15) is 24.5 Å². The number of hydrogen-bond donors (Lipinski definition) is 0. The Hall–Kier alpha value is -0.670. The van der Waals surface area contributed by atoms with Crippen LogP contribution in [0.3, 0.4) is 0 Å². The summed E-state index contributed by atoms with van der Waals surface area (Å²) in [4.78, 5) is 4.27. The average Bonchev–Trinajstić information content (AvgIpc) is 2.46. The first-order chi connectivity index (χ1) is 9.20. The number of pyridine rings is 1. The second-order valence-corrected chi connectivity index (χ2v) is 6.30. The van der Waals surface area contributed by atoms with Crippen molar-refractivity contribution >= 4 is 31.9 Å². The van der Waals surface area contributed by atoms with Gasteiger partial charge in [-0.1, -0.05) is 53.2 Å². The monoisotopic (exact) mass is 381 g/mol. The van der Waals surface area contributed by atoms with Gasteiger partial charge >= 0.3 is 0 Å². The van der Waals surface area contributed by atoms with Crippen molar-refractivity contribution in [2.75, 3.05) is 5.33 Å². The highest BCUT2D eigenvalue weighted by Gasteiger charge is 2.29. The van der Waals surface area contributed by atoms with Gasteiger partial charge in [-0.3, -0.25) is 4.98 Å². The van der Waals surface area contributed by atoms with E-state index in [1.807, 2.05) is 12.4 Å². The summed E-state index contributed by atoms with van der Waals surface area (Å²) in [5, 5.41) is 0.951. The van der Waals surface area contributed by atoms with Crippen molar-refractivity contribution in [2.45, 2.75) is 25.2 Å². The molecule has 1 aromatic heterocycles. The van der Waals surface area contributed by atoms with Crippen LogP contribution in [0.15, 0.2) is 53.3 Å². The fraction of sp³-hybridized carbons (Fsp3) is 0.312. The first kappa shape index (κ1) is 14.7. The largest absolute Gasteiger partial charge is 0.263 e. The summed E-state index contributed by atoms with van der Waals surface area (Å²) in [6, 6.07) is 12.9. The van der Waals surface area contributed by atoms with Crippen molar-refractivity contribution in [1.82, 2.24) is 4.98 Å². The van der Waals surface area contributed by atoms with E-state index in [0.717, 1.165) is 22.6 Å². The maximum atomic E-state index is 4.27. The summed E-state index contributed by atoms with van der Waals surface area (Å²) < 4.78 is 1.04. The summed E-state index contributed by atoms with van der Waals surface area (Å²) in [7, 11) is 0. The molecular formula is C16H17Br2N. The van der Waals surface area contributed by atoms with Gasteiger partial charge in [0.05, 0.1) is 0 Å². The van der Waals surface area contributed by atoms with Gasteiger partial charge < -0.3 is 0 Å². The molecule has 0 saturated heterocycles. The SMILES string of the molecule is CCC(CBr)(Cc1cncc(Br)c1)c1ccccc1. The summed E-state index contributed by atoms with van der Waals surface area (Å²) in [5.74, 6) is 0. The maximum Gasteiger partial charge on any atom is 0.0410 e. The van der Waals surface area contributed by atoms with Gasteiger partial charge in [0.2, 0.25) is 0 Å². The average molecular weight is 383 g/mol. The van der Waals surface area contributed by atoms with Crippen LogP contribution < -0.4 is 0 Å². The third kappa shape index (κ3) is 3.46. The van der Waals surface area contributed by atoms with E-state index in [4.69, 9.17) is 0 Å². The third-order valence-electron chi connectivity index (χ3n) is 3.62. The van der Waals surface area contributed by atoms with Crippen LogP contribution in [0.25, 0.3) is 0 Å². The zero-order chi connectivity index (χ0) is 13.7. The van der Waals surface area contributed by atoms with E-state index in [2.05, 4.69) is 80.2 Å². The fourth-order valence-electron chi connectivity index (χ4n) is 2.39. The summed E-state index contributed by atoms with van der Waals surface area (Å²) in [6.07, 6.45) is 5.87. The fourth-order valence-corrected chi connectivity index (χ4v) is 3.72. The zero-order valence-electron chi connectivity index (χ0n) is 10.9. The van der Waals surface area contributed by atoms with Crippen LogP contribution in [-0.4, -0.2) is 10.3 Å². The standard InChI is InChI=1S/C16H17Br2N/c1-2-16(12-17,14-6-4-3-5-7-14)9-13-8-15(18)11-19-10-13/h3-8,10-11H,2,9,12H2,1H3. The molecule has 0 saturated carbocycles. The van der Waals surface area contributed by atoms with Gasteiger partial charge in [0.15, 0.2) is 0 Å². The van der Waals surface area contributed by atoms with Gasteiger partial charge in [-0.25, -0.2) is 0 Å². The molecule has 2 rings (SSSR count). The van der Waals surface area contributed by atoms with Crippen molar-refractivity contribution < 1.29 is 0 Å². The Morgan fingerprint density at radius 2 is 1.89 bits per heavy atom. The van der Waals surface area contributed by atoms with E-state index >= 15 is 0 Å². The lowest BCUT2D eigenvalue weighted by atomic mass is 9.75. The Morgan fingerprint density at radius 3 is 2.47 bits per heavy atom. The third-order valence-corrected chi connectivity index (χ3v) is 5.13. The Kier molecular flexibility index (Phi) is 5.17. The van der Waals surface area contributed by atoms with E-state index in [9.17, 15) is 0 Å². The molecule has 1 aromatic carbocycles. The molecule has 1 heterocycles. The van der Waals surface area contributed by atoms with Crippen LogP contribution in [0.5, 0.6) is 0 Å². The molecule has 2 aromatic rings. The second kappa shape index (κ2) is 6.67. The van der Waals surface area contributed by atoms with Gasteiger partial charge in [0, 0.05) is 27.6 Å². The molecule has 0 N–H and O–H groups in total. The molecule has 1 unspecified atom stereocenters. The number of alkyl halides is 1. The van der Waals surface area contributed by atoms with Crippen molar-refractivity contribution in [3.05, 3.63) is 64.4 Å². The first-order valence-electron chi connectivity index (χ1n) is 6.41. The lowest BCUT2D eigenvalue weighted by Gasteiger charge is -2.31. The Balaban J connectivity index is 2.35. The Morgan fingerprint density at radius 1 is 1.16 bits per heavy atom. The predicted molar refractivity (Wildman–Crippen MR) is 87.8 cm³/mol. The van der Waals surface area contributed by atoms with Gasteiger partial charge in [-0.2, -0.15) is 0 Å². The highest BCUT2D eigenvalue weighted by atomic mass is 79.9. The van der Waals surface area contributed by atoms with Crippen LogP contribution in [-0.2, 0) is 11.8 Å². The lowest BCUT2D eigenvalue weighted by Crippen LogP contribution is -2.30. The molecule has 0 aliphatic carbocycles. The summed E-state index contributed by atoms with van der Waals surface area (Å²) in [5.41, 5.74) is 2.78. The predicted octanol–water partition coefficient (Wildman–Crippen LogP) is 5.13. The minimum Gasteiger partial charge on any atom is -0.263 e. The molecular weight excluding hydrogens is 366 g/mol. The highest BCUT2D eigenvalue weighted by Crippen LogP contribution is 2.34. The van der Waals surface area contributed by atoms with Gasteiger partial charge in [-0.15, -0.1) is 0 Å². The van der Waals surface area contributed by atoms with E-state index in [0.29, 0.717) is 0 Å². The zero-order valence-corrected chi connectivity index (χ0v) is 14.1. The summed E-state index contributed by atoms with van der Waals surface area (Å²) in [6.45, 7) is 2.25. The van der Waals surface area contributed by atoms with Crippen LogP contribution in [0.2, 0.25) is 0 Å². The quantitative estimate of drug-likeness (QED) is 0.653. The van der Waals surface area contributed by atoms with E-state index in [1.54, 1.807) is 0 Å². The first-order valence-corrected chi connectivity index (χ1v) is 8.32. The highest BCUT2D eigenvalue weighted by molar-refractivity contribution is 9.10. The Bertz CT molecular complexity index is 521. The molecule has 1 nitrogen and oxygen atoms in total. The molecule has 19 heavy (non-hydrogen) atoms. The topological polar surface area (TPSA) is 12.9 Å². The smallest absolute Gasteiger partial charge is 0.0410 e. The van der Waals surface area contributed by atoms with Gasteiger partial charge in [-0.05, 0) is 46.0 Å².